The summed E-state index contributed by atoms with van der Waals surface area (Å²) in [6.45, 7) is 0.358. The van der Waals surface area contributed by atoms with E-state index >= 15 is 0 Å². The number of halogens is 3. The van der Waals surface area contributed by atoms with E-state index < -0.39 is 0 Å². The molecule has 130 valence electrons. The fourth-order valence-corrected chi connectivity index (χ4v) is 3.73. The molecule has 0 amide bonds. The predicted octanol–water partition coefficient (Wildman–Crippen LogP) is 6.09. The summed E-state index contributed by atoms with van der Waals surface area (Å²) in [6, 6.07) is 18.7. The van der Waals surface area contributed by atoms with E-state index in [2.05, 4.69) is 22.6 Å². The summed E-state index contributed by atoms with van der Waals surface area (Å²) in [4.78, 5) is 0. The Morgan fingerprint density at radius 1 is 0.885 bits per heavy atom. The number of nitrogens with zero attached hydrogens (tertiary/aromatic N) is 1. The van der Waals surface area contributed by atoms with Gasteiger partial charge in [0.05, 0.1) is 10.9 Å². The second-order valence-corrected chi connectivity index (χ2v) is 7.06. The van der Waals surface area contributed by atoms with Gasteiger partial charge in [0.15, 0.2) is 0 Å². The Kier molecular flexibility index (Phi) is 4.63. The zero-order chi connectivity index (χ0) is 18.1. The van der Waals surface area contributed by atoms with Crippen molar-refractivity contribution in [3.8, 4) is 11.4 Å². The normalized spacial score (nSPS) is 11.0. The van der Waals surface area contributed by atoms with Gasteiger partial charge in [-0.15, -0.1) is 0 Å². The Morgan fingerprint density at radius 2 is 1.62 bits per heavy atom. The number of aromatic nitrogens is 1. The van der Waals surface area contributed by atoms with Crippen LogP contribution in [0.5, 0.6) is 5.75 Å². The first kappa shape index (κ1) is 17.0. The van der Waals surface area contributed by atoms with E-state index in [4.69, 9.17) is 4.74 Å². The van der Waals surface area contributed by atoms with E-state index in [1.807, 2.05) is 41.1 Å². The van der Waals surface area contributed by atoms with Crippen LogP contribution in [0.25, 0.3) is 16.6 Å². The first-order valence-electron chi connectivity index (χ1n) is 8.04. The lowest BCUT2D eigenvalue weighted by Crippen LogP contribution is -1.97. The Labute approximate surface area is 163 Å². The van der Waals surface area contributed by atoms with Crippen molar-refractivity contribution in [2.75, 3.05) is 0 Å². The SMILES string of the molecule is Fc1ccc(-n2cc(I)c3c(OCc4ccccc4)cc(F)cc32)cc1. The Balaban J connectivity index is 1.78. The van der Waals surface area contributed by atoms with Gasteiger partial charge < -0.3 is 9.30 Å². The Bertz CT molecular complexity index is 1060. The molecule has 0 unspecified atom stereocenters. The van der Waals surface area contributed by atoms with Crippen LogP contribution in [0, 0.1) is 15.2 Å². The number of rotatable bonds is 4. The van der Waals surface area contributed by atoms with Gasteiger partial charge in [-0.3, -0.25) is 0 Å². The summed E-state index contributed by atoms with van der Waals surface area (Å²) >= 11 is 2.21. The van der Waals surface area contributed by atoms with Crippen molar-refractivity contribution in [2.24, 2.45) is 0 Å². The van der Waals surface area contributed by atoms with Crippen LogP contribution in [0.3, 0.4) is 0 Å². The summed E-state index contributed by atoms with van der Waals surface area (Å²) in [5.41, 5.74) is 2.46. The molecule has 0 radical (unpaired) electrons. The molecule has 4 rings (SSSR count). The third-order valence-corrected chi connectivity index (χ3v) is 4.95. The Hall–Kier alpha value is -2.41. The molecule has 2 nitrogen and oxygen atoms in total. The van der Waals surface area contributed by atoms with Crippen molar-refractivity contribution in [3.63, 3.8) is 0 Å². The van der Waals surface area contributed by atoms with Crippen LogP contribution >= 0.6 is 22.6 Å². The molecule has 0 atom stereocenters. The predicted molar refractivity (Wildman–Crippen MR) is 107 cm³/mol. The molecule has 26 heavy (non-hydrogen) atoms. The highest BCUT2D eigenvalue weighted by Gasteiger charge is 2.15. The maximum absolute atomic E-state index is 14.2. The molecule has 0 aliphatic carbocycles. The monoisotopic (exact) mass is 461 g/mol. The highest BCUT2D eigenvalue weighted by Crippen LogP contribution is 2.35. The van der Waals surface area contributed by atoms with Gasteiger partial charge >= 0.3 is 0 Å². The maximum Gasteiger partial charge on any atom is 0.133 e. The minimum Gasteiger partial charge on any atom is -0.488 e. The van der Waals surface area contributed by atoms with Gasteiger partial charge in [0.1, 0.15) is 24.0 Å². The largest absolute Gasteiger partial charge is 0.488 e. The highest BCUT2D eigenvalue weighted by molar-refractivity contribution is 14.1. The van der Waals surface area contributed by atoms with Gasteiger partial charge in [0.25, 0.3) is 0 Å². The van der Waals surface area contributed by atoms with E-state index in [0.717, 1.165) is 20.2 Å². The highest BCUT2D eigenvalue weighted by atomic mass is 127. The van der Waals surface area contributed by atoms with Crippen molar-refractivity contribution in [3.05, 3.63) is 93.7 Å². The molecule has 0 fully saturated rings. The average Bonchev–Trinajstić information content (AvgIpc) is 2.98. The van der Waals surface area contributed by atoms with E-state index in [1.54, 1.807) is 12.1 Å². The van der Waals surface area contributed by atoms with Gasteiger partial charge in [-0.2, -0.15) is 0 Å². The van der Waals surface area contributed by atoms with Crippen molar-refractivity contribution in [1.29, 1.82) is 0 Å². The van der Waals surface area contributed by atoms with Crippen molar-refractivity contribution in [1.82, 2.24) is 4.57 Å². The second-order valence-electron chi connectivity index (χ2n) is 5.90. The lowest BCUT2D eigenvalue weighted by molar-refractivity contribution is 0.308. The first-order valence-corrected chi connectivity index (χ1v) is 9.12. The van der Waals surface area contributed by atoms with Crippen molar-refractivity contribution < 1.29 is 13.5 Å². The minimum atomic E-state index is -0.376. The average molecular weight is 461 g/mol. The molecule has 5 heteroatoms. The van der Waals surface area contributed by atoms with Crippen LogP contribution in [0.1, 0.15) is 5.56 Å². The van der Waals surface area contributed by atoms with Gasteiger partial charge in [0.2, 0.25) is 0 Å². The topological polar surface area (TPSA) is 14.2 Å². The molecule has 4 aromatic rings. The quantitative estimate of drug-likeness (QED) is 0.336. The van der Waals surface area contributed by atoms with E-state index in [0.29, 0.717) is 17.9 Å². The summed E-state index contributed by atoms with van der Waals surface area (Å²) < 4.78 is 36.2. The molecular weight excluding hydrogens is 447 g/mol. The molecule has 1 heterocycles. The summed E-state index contributed by atoms with van der Waals surface area (Å²) in [7, 11) is 0. The zero-order valence-corrected chi connectivity index (χ0v) is 15.8. The Morgan fingerprint density at radius 3 is 2.35 bits per heavy atom. The number of ether oxygens (including phenoxy) is 1. The van der Waals surface area contributed by atoms with E-state index in [9.17, 15) is 8.78 Å². The molecule has 1 aromatic heterocycles. The van der Waals surface area contributed by atoms with E-state index in [1.165, 1.54) is 24.3 Å². The molecule has 0 bridgehead atoms. The van der Waals surface area contributed by atoms with Crippen LogP contribution in [-0.4, -0.2) is 4.57 Å². The number of hydrogen-bond donors (Lipinski definition) is 0. The minimum absolute atomic E-state index is 0.307. The number of hydrogen-bond acceptors (Lipinski definition) is 1. The summed E-state index contributed by atoms with van der Waals surface area (Å²) in [6.07, 6.45) is 1.90. The van der Waals surface area contributed by atoms with Crippen LogP contribution in [0.15, 0.2) is 72.9 Å². The molecule has 0 spiro atoms. The lowest BCUT2D eigenvalue weighted by atomic mass is 10.2. The van der Waals surface area contributed by atoms with E-state index in [-0.39, 0.29) is 11.6 Å². The van der Waals surface area contributed by atoms with Gasteiger partial charge in [-0.05, 0) is 58.5 Å². The fraction of sp³-hybridized carbons (Fsp3) is 0.0476. The van der Waals surface area contributed by atoms with Gasteiger partial charge in [-0.1, -0.05) is 30.3 Å². The maximum atomic E-state index is 14.2. The van der Waals surface area contributed by atoms with Crippen LogP contribution in [0.2, 0.25) is 0 Å². The fourth-order valence-electron chi connectivity index (χ4n) is 2.91. The van der Waals surface area contributed by atoms with Gasteiger partial charge in [0, 0.05) is 21.5 Å². The molecule has 0 N–H and O–H groups in total. The third-order valence-electron chi connectivity index (χ3n) is 4.13. The second kappa shape index (κ2) is 7.07. The number of benzene rings is 3. The summed E-state index contributed by atoms with van der Waals surface area (Å²) in [5, 5.41) is 0.840. The smallest absolute Gasteiger partial charge is 0.133 e. The molecule has 0 aliphatic rings. The van der Waals surface area contributed by atoms with Crippen molar-refractivity contribution >= 4 is 33.5 Å². The van der Waals surface area contributed by atoms with Crippen LogP contribution in [-0.2, 0) is 6.61 Å². The molecule has 0 saturated carbocycles. The first-order chi connectivity index (χ1) is 12.6. The molecule has 0 aliphatic heterocycles. The standard InChI is InChI=1S/C21H14F2INO/c22-15-6-8-17(9-7-15)25-12-18(24)21-19(25)10-16(23)11-20(21)26-13-14-4-2-1-3-5-14/h1-12H,13H2. The lowest BCUT2D eigenvalue weighted by Gasteiger charge is -2.10. The van der Waals surface area contributed by atoms with Crippen LogP contribution < -0.4 is 4.74 Å². The number of fused-ring (bicyclic) bond motifs is 1. The summed E-state index contributed by atoms with van der Waals surface area (Å²) in [5.74, 6) is -0.189. The zero-order valence-electron chi connectivity index (χ0n) is 13.6. The van der Waals surface area contributed by atoms with Crippen LogP contribution in [0.4, 0.5) is 8.78 Å². The third kappa shape index (κ3) is 3.31. The van der Waals surface area contributed by atoms with Gasteiger partial charge in [-0.25, -0.2) is 8.78 Å². The van der Waals surface area contributed by atoms with Crippen molar-refractivity contribution in [2.45, 2.75) is 6.61 Å². The molecule has 3 aromatic carbocycles. The molecular formula is C21H14F2INO. The molecule has 0 saturated heterocycles.